The number of aromatic nitrogens is 1. The van der Waals surface area contributed by atoms with Crippen molar-refractivity contribution in [2.75, 3.05) is 24.6 Å². The summed E-state index contributed by atoms with van der Waals surface area (Å²) in [5, 5.41) is 0. The largest absolute Gasteiger partial charge is 0.364 e. The summed E-state index contributed by atoms with van der Waals surface area (Å²) in [6.45, 7) is 1.11. The van der Waals surface area contributed by atoms with Gasteiger partial charge in [0, 0.05) is 37.6 Å². The summed E-state index contributed by atoms with van der Waals surface area (Å²) in [5.41, 5.74) is 1.91. The van der Waals surface area contributed by atoms with E-state index in [-0.39, 0.29) is 30.6 Å². The number of aryl methyl sites for hydroxylation is 1. The monoisotopic (exact) mass is 351 g/mol. The third-order valence-corrected chi connectivity index (χ3v) is 5.00. The predicted octanol–water partition coefficient (Wildman–Crippen LogP) is 1.66. The summed E-state index contributed by atoms with van der Waals surface area (Å²) in [7, 11) is 0. The second-order valence-corrected chi connectivity index (χ2v) is 6.68. The van der Waals surface area contributed by atoms with Crippen molar-refractivity contribution in [3.8, 4) is 0 Å². The lowest BCUT2D eigenvalue weighted by Gasteiger charge is -2.36. The number of anilines is 1. The number of hydrogen-bond acceptors (Lipinski definition) is 4. The van der Waals surface area contributed by atoms with Crippen LogP contribution >= 0.6 is 0 Å². The van der Waals surface area contributed by atoms with Gasteiger partial charge >= 0.3 is 0 Å². The van der Waals surface area contributed by atoms with Gasteiger partial charge < -0.3 is 14.5 Å². The molecular weight excluding hydrogens is 330 g/mol. The highest BCUT2D eigenvalue weighted by Gasteiger charge is 2.44. The molecule has 0 unspecified atom stereocenters. The number of carbonyl (C=O) groups is 2. The molecule has 4 rings (SSSR count). The van der Waals surface area contributed by atoms with Gasteiger partial charge in [-0.15, -0.1) is 0 Å². The fourth-order valence-corrected chi connectivity index (χ4v) is 3.68. The molecule has 1 aromatic carbocycles. The highest BCUT2D eigenvalue weighted by molar-refractivity contribution is 5.96. The van der Waals surface area contributed by atoms with Crippen LogP contribution in [0, 0.1) is 0 Å². The van der Waals surface area contributed by atoms with Crippen molar-refractivity contribution in [1.82, 2.24) is 9.88 Å². The van der Waals surface area contributed by atoms with Crippen molar-refractivity contribution in [3.63, 3.8) is 0 Å². The molecule has 2 saturated heterocycles. The first-order valence-electron chi connectivity index (χ1n) is 8.88. The van der Waals surface area contributed by atoms with Gasteiger partial charge in [0.1, 0.15) is 6.61 Å². The molecule has 6 nitrogen and oxygen atoms in total. The average molecular weight is 351 g/mol. The van der Waals surface area contributed by atoms with E-state index in [1.165, 1.54) is 0 Å². The molecule has 0 spiro atoms. The molecule has 6 heteroatoms. The molecule has 0 aliphatic carbocycles. The van der Waals surface area contributed by atoms with Crippen molar-refractivity contribution in [2.24, 2.45) is 0 Å². The second kappa shape index (κ2) is 7.25. The number of pyridine rings is 1. The molecule has 2 fully saturated rings. The van der Waals surface area contributed by atoms with Gasteiger partial charge in [-0.25, -0.2) is 0 Å². The number of hydrogen-bond donors (Lipinski definition) is 0. The zero-order valence-corrected chi connectivity index (χ0v) is 14.5. The highest BCUT2D eigenvalue weighted by atomic mass is 16.5. The summed E-state index contributed by atoms with van der Waals surface area (Å²) in [4.78, 5) is 32.7. The van der Waals surface area contributed by atoms with Crippen LogP contribution in [0.15, 0.2) is 54.9 Å². The van der Waals surface area contributed by atoms with Crippen LogP contribution in [-0.4, -0.2) is 53.5 Å². The number of rotatable bonds is 4. The minimum atomic E-state index is -0.129. The number of fused-ring (bicyclic) bond motifs is 1. The molecule has 2 amide bonds. The zero-order valence-electron chi connectivity index (χ0n) is 14.5. The van der Waals surface area contributed by atoms with E-state index in [4.69, 9.17) is 4.74 Å². The predicted molar refractivity (Wildman–Crippen MR) is 96.6 cm³/mol. The minimum Gasteiger partial charge on any atom is -0.364 e. The van der Waals surface area contributed by atoms with E-state index < -0.39 is 0 Å². The highest BCUT2D eigenvalue weighted by Crippen LogP contribution is 2.29. The van der Waals surface area contributed by atoms with Gasteiger partial charge in [0.25, 0.3) is 5.91 Å². The third kappa shape index (κ3) is 3.32. The summed E-state index contributed by atoms with van der Waals surface area (Å²) in [6, 6.07) is 13.3. The van der Waals surface area contributed by atoms with E-state index in [0.717, 1.165) is 11.3 Å². The van der Waals surface area contributed by atoms with Crippen LogP contribution in [0.3, 0.4) is 0 Å². The Morgan fingerprint density at radius 2 is 2.00 bits per heavy atom. The zero-order chi connectivity index (χ0) is 17.9. The molecule has 3 heterocycles. The molecule has 0 saturated carbocycles. The number of para-hydroxylation sites is 1. The lowest BCUT2D eigenvalue weighted by atomic mass is 10.1. The first-order valence-corrected chi connectivity index (χ1v) is 8.88. The number of benzene rings is 1. The Morgan fingerprint density at radius 3 is 2.77 bits per heavy atom. The quantitative estimate of drug-likeness (QED) is 0.840. The number of amides is 2. The van der Waals surface area contributed by atoms with Gasteiger partial charge in [0.05, 0.1) is 12.1 Å². The Balaban J connectivity index is 1.44. The maximum Gasteiger partial charge on any atom is 0.253 e. The first-order chi connectivity index (χ1) is 12.7. The lowest BCUT2D eigenvalue weighted by molar-refractivity contribution is -0.131. The molecular formula is C20H21N3O3. The van der Waals surface area contributed by atoms with Crippen LogP contribution < -0.4 is 4.90 Å². The normalized spacial score (nSPS) is 22.4. The van der Waals surface area contributed by atoms with Crippen LogP contribution in [0.2, 0.25) is 0 Å². The summed E-state index contributed by atoms with van der Waals surface area (Å²) in [5.74, 6) is 0.0365. The molecule has 0 radical (unpaired) electrons. The molecule has 2 aliphatic rings. The van der Waals surface area contributed by atoms with Crippen molar-refractivity contribution in [2.45, 2.75) is 25.0 Å². The van der Waals surface area contributed by atoms with E-state index in [1.807, 2.05) is 47.4 Å². The Kier molecular flexibility index (Phi) is 4.67. The van der Waals surface area contributed by atoms with Crippen LogP contribution in [0.25, 0.3) is 0 Å². The van der Waals surface area contributed by atoms with Crippen LogP contribution in [0.4, 0.5) is 5.69 Å². The molecule has 134 valence electrons. The number of ether oxygens (including phenoxy) is 1. The maximum absolute atomic E-state index is 12.6. The van der Waals surface area contributed by atoms with Crippen LogP contribution in [0.1, 0.15) is 12.0 Å². The smallest absolute Gasteiger partial charge is 0.253 e. The molecule has 0 bridgehead atoms. The van der Waals surface area contributed by atoms with E-state index in [2.05, 4.69) is 4.98 Å². The van der Waals surface area contributed by atoms with Crippen LogP contribution in [-0.2, 0) is 20.7 Å². The molecule has 2 aliphatic heterocycles. The molecule has 1 aromatic heterocycles. The van der Waals surface area contributed by atoms with Crippen molar-refractivity contribution in [1.29, 1.82) is 0 Å². The van der Waals surface area contributed by atoms with E-state index in [1.54, 1.807) is 17.3 Å². The Morgan fingerprint density at radius 1 is 1.15 bits per heavy atom. The van der Waals surface area contributed by atoms with Crippen LogP contribution in [0.5, 0.6) is 0 Å². The van der Waals surface area contributed by atoms with Gasteiger partial charge in [0.2, 0.25) is 5.91 Å². The fourth-order valence-electron chi connectivity index (χ4n) is 3.68. The van der Waals surface area contributed by atoms with Crippen molar-refractivity contribution >= 4 is 17.5 Å². The topological polar surface area (TPSA) is 62.7 Å². The number of nitrogens with zero attached hydrogens (tertiary/aromatic N) is 3. The minimum absolute atomic E-state index is 0.0536. The Bertz CT molecular complexity index is 781. The van der Waals surface area contributed by atoms with Crippen molar-refractivity contribution in [3.05, 3.63) is 60.4 Å². The first kappa shape index (κ1) is 16.7. The second-order valence-electron chi connectivity index (χ2n) is 6.68. The summed E-state index contributed by atoms with van der Waals surface area (Å²) in [6.07, 6.45) is 4.49. The Labute approximate surface area is 152 Å². The van der Waals surface area contributed by atoms with Gasteiger partial charge in [-0.1, -0.05) is 24.3 Å². The SMILES string of the molecule is O=C(CCc1cccnc1)N1C[C@@H]2OCC(=O)N(c3ccccc3)[C@H]2C1. The molecule has 0 N–H and O–H groups in total. The third-order valence-electron chi connectivity index (χ3n) is 5.00. The average Bonchev–Trinajstić information content (AvgIpc) is 3.12. The lowest BCUT2D eigenvalue weighted by Crippen LogP contribution is -2.54. The van der Waals surface area contributed by atoms with Gasteiger partial charge in [0.15, 0.2) is 0 Å². The summed E-state index contributed by atoms with van der Waals surface area (Å²) < 4.78 is 5.71. The Hall–Kier alpha value is -2.73. The molecule has 26 heavy (non-hydrogen) atoms. The number of carbonyl (C=O) groups excluding carboxylic acids is 2. The standard InChI is InChI=1S/C20H21N3O3/c24-19(9-8-15-5-4-10-21-11-15)22-12-17-18(13-22)26-14-20(25)23(17)16-6-2-1-3-7-16/h1-7,10-11,17-18H,8-9,12-14H2/t17-,18-/m0/s1. The van der Waals surface area contributed by atoms with E-state index in [0.29, 0.717) is 25.9 Å². The van der Waals surface area contributed by atoms with Gasteiger partial charge in [-0.3, -0.25) is 14.6 Å². The molecule has 2 aromatic rings. The number of likely N-dealkylation sites (tertiary alicyclic amines) is 1. The van der Waals surface area contributed by atoms with Gasteiger partial charge in [-0.05, 0) is 30.2 Å². The maximum atomic E-state index is 12.6. The van der Waals surface area contributed by atoms with Crippen molar-refractivity contribution < 1.29 is 14.3 Å². The summed E-state index contributed by atoms with van der Waals surface area (Å²) >= 11 is 0. The van der Waals surface area contributed by atoms with E-state index in [9.17, 15) is 9.59 Å². The fraction of sp³-hybridized carbons (Fsp3) is 0.350. The van der Waals surface area contributed by atoms with Gasteiger partial charge in [-0.2, -0.15) is 0 Å². The van der Waals surface area contributed by atoms with E-state index >= 15 is 0 Å². The molecule has 2 atom stereocenters. The number of morpholine rings is 1.